The molecule has 5 heteroatoms. The third kappa shape index (κ3) is 4.28. The predicted molar refractivity (Wildman–Crippen MR) is 76.6 cm³/mol. The summed E-state index contributed by atoms with van der Waals surface area (Å²) in [6.45, 7) is 2.81. The van der Waals surface area contributed by atoms with E-state index in [4.69, 9.17) is 0 Å². The van der Waals surface area contributed by atoms with E-state index in [1.807, 2.05) is 0 Å². The number of carbonyl (C=O) groups is 1. The summed E-state index contributed by atoms with van der Waals surface area (Å²) in [5, 5.41) is 6.24. The van der Waals surface area contributed by atoms with E-state index in [1.165, 1.54) is 31.0 Å². The summed E-state index contributed by atoms with van der Waals surface area (Å²) in [6.07, 6.45) is 3.43. The molecule has 1 aliphatic rings. The van der Waals surface area contributed by atoms with Crippen molar-refractivity contribution in [3.63, 3.8) is 0 Å². The van der Waals surface area contributed by atoms with Gasteiger partial charge in [-0.3, -0.25) is 4.79 Å². The number of halogens is 2. The molecule has 19 heavy (non-hydrogen) atoms. The molecule has 0 radical (unpaired) electrons. The van der Waals surface area contributed by atoms with Crippen molar-refractivity contribution in [1.82, 2.24) is 10.6 Å². The largest absolute Gasteiger partial charge is 0.352 e. The Bertz CT molecular complexity index is 447. The van der Waals surface area contributed by atoms with Crippen molar-refractivity contribution < 1.29 is 9.18 Å². The van der Waals surface area contributed by atoms with Crippen LogP contribution < -0.4 is 10.6 Å². The second-order valence-corrected chi connectivity index (χ2v) is 5.74. The molecule has 0 spiro atoms. The molecule has 0 unspecified atom stereocenters. The minimum absolute atomic E-state index is 0.149. The standard InChI is InChI=1S/C14H18BrFN2O/c15-12-8-11(3-4-13(12)16)14(19)18-7-5-10-2-1-6-17-9-10/h3-4,8,10,17H,1-2,5-7,9H2,(H,18,19)/t10-/m1/s1. The summed E-state index contributed by atoms with van der Waals surface area (Å²) in [7, 11) is 0. The van der Waals surface area contributed by atoms with Gasteiger partial charge in [0.05, 0.1) is 4.47 Å². The smallest absolute Gasteiger partial charge is 0.251 e. The average Bonchev–Trinajstić information content (AvgIpc) is 2.43. The molecule has 1 aromatic rings. The van der Waals surface area contributed by atoms with Gasteiger partial charge < -0.3 is 10.6 Å². The maximum atomic E-state index is 13.1. The zero-order chi connectivity index (χ0) is 13.7. The lowest BCUT2D eigenvalue weighted by molar-refractivity contribution is 0.0950. The van der Waals surface area contributed by atoms with E-state index in [-0.39, 0.29) is 11.7 Å². The first-order valence-electron chi connectivity index (χ1n) is 6.61. The first-order valence-corrected chi connectivity index (χ1v) is 7.40. The normalized spacial score (nSPS) is 19.2. The highest BCUT2D eigenvalue weighted by Crippen LogP contribution is 2.17. The van der Waals surface area contributed by atoms with Gasteiger partial charge in [0.25, 0.3) is 5.91 Å². The molecule has 0 bridgehead atoms. The van der Waals surface area contributed by atoms with Crippen molar-refractivity contribution in [2.75, 3.05) is 19.6 Å². The maximum Gasteiger partial charge on any atom is 0.251 e. The number of piperidine rings is 1. The third-order valence-corrected chi connectivity index (χ3v) is 4.03. The molecule has 1 aromatic carbocycles. The number of hydrogen-bond donors (Lipinski definition) is 2. The van der Waals surface area contributed by atoms with Gasteiger partial charge in [-0.25, -0.2) is 4.39 Å². The number of benzene rings is 1. The van der Waals surface area contributed by atoms with Crippen LogP contribution in [0, 0.1) is 11.7 Å². The van der Waals surface area contributed by atoms with Crippen LogP contribution in [-0.2, 0) is 0 Å². The van der Waals surface area contributed by atoms with Crippen LogP contribution in [0.3, 0.4) is 0 Å². The molecule has 1 atom stereocenters. The molecule has 3 nitrogen and oxygen atoms in total. The van der Waals surface area contributed by atoms with Crippen LogP contribution >= 0.6 is 15.9 Å². The zero-order valence-electron chi connectivity index (χ0n) is 10.7. The fraction of sp³-hybridized carbons (Fsp3) is 0.500. The molecular formula is C14H18BrFN2O. The Balaban J connectivity index is 1.78. The van der Waals surface area contributed by atoms with Crippen molar-refractivity contribution in [3.8, 4) is 0 Å². The fourth-order valence-electron chi connectivity index (χ4n) is 2.30. The molecule has 0 aliphatic carbocycles. The number of nitrogens with one attached hydrogen (secondary N) is 2. The zero-order valence-corrected chi connectivity index (χ0v) is 12.3. The highest BCUT2D eigenvalue weighted by molar-refractivity contribution is 9.10. The van der Waals surface area contributed by atoms with E-state index in [2.05, 4.69) is 26.6 Å². The van der Waals surface area contributed by atoms with Crippen molar-refractivity contribution in [3.05, 3.63) is 34.1 Å². The number of amides is 1. The minimum Gasteiger partial charge on any atom is -0.352 e. The van der Waals surface area contributed by atoms with Gasteiger partial charge in [-0.15, -0.1) is 0 Å². The van der Waals surface area contributed by atoms with Crippen LogP contribution in [0.4, 0.5) is 4.39 Å². The van der Waals surface area contributed by atoms with Crippen LogP contribution in [0.1, 0.15) is 29.6 Å². The van der Waals surface area contributed by atoms with E-state index in [0.717, 1.165) is 19.5 Å². The summed E-state index contributed by atoms with van der Waals surface area (Å²) in [5.41, 5.74) is 0.482. The second kappa shape index (κ2) is 7.01. The monoisotopic (exact) mass is 328 g/mol. The van der Waals surface area contributed by atoms with Gasteiger partial charge in [-0.05, 0) is 72.4 Å². The first kappa shape index (κ1) is 14.5. The Morgan fingerprint density at radius 1 is 1.53 bits per heavy atom. The Labute approximate surface area is 121 Å². The molecule has 0 aromatic heterocycles. The van der Waals surface area contributed by atoms with E-state index in [9.17, 15) is 9.18 Å². The number of carbonyl (C=O) groups excluding carboxylic acids is 1. The highest BCUT2D eigenvalue weighted by atomic mass is 79.9. The van der Waals surface area contributed by atoms with Gasteiger partial charge in [0.15, 0.2) is 0 Å². The van der Waals surface area contributed by atoms with Crippen LogP contribution in [0.2, 0.25) is 0 Å². The lowest BCUT2D eigenvalue weighted by Crippen LogP contribution is -2.33. The van der Waals surface area contributed by atoms with E-state index in [0.29, 0.717) is 22.5 Å². The topological polar surface area (TPSA) is 41.1 Å². The van der Waals surface area contributed by atoms with Crippen LogP contribution in [0.25, 0.3) is 0 Å². The van der Waals surface area contributed by atoms with Crippen LogP contribution in [-0.4, -0.2) is 25.5 Å². The van der Waals surface area contributed by atoms with Gasteiger partial charge in [-0.1, -0.05) is 0 Å². The summed E-state index contributed by atoms with van der Waals surface area (Å²) >= 11 is 3.08. The molecule has 1 heterocycles. The first-order chi connectivity index (χ1) is 9.16. The van der Waals surface area contributed by atoms with Gasteiger partial charge in [0, 0.05) is 12.1 Å². The Hall–Kier alpha value is -0.940. The predicted octanol–water partition coefficient (Wildman–Crippen LogP) is 2.71. The number of rotatable bonds is 4. The van der Waals surface area contributed by atoms with Crippen molar-refractivity contribution >= 4 is 21.8 Å². The third-order valence-electron chi connectivity index (χ3n) is 3.42. The molecular weight excluding hydrogens is 311 g/mol. The van der Waals surface area contributed by atoms with E-state index < -0.39 is 0 Å². The minimum atomic E-state index is -0.357. The maximum absolute atomic E-state index is 13.1. The molecule has 2 N–H and O–H groups in total. The summed E-state index contributed by atoms with van der Waals surface area (Å²) < 4.78 is 13.4. The fourth-order valence-corrected chi connectivity index (χ4v) is 2.68. The molecule has 1 amide bonds. The Kier molecular flexibility index (Phi) is 5.34. The second-order valence-electron chi connectivity index (χ2n) is 4.89. The number of hydrogen-bond acceptors (Lipinski definition) is 2. The van der Waals surface area contributed by atoms with Crippen LogP contribution in [0.5, 0.6) is 0 Å². The van der Waals surface area contributed by atoms with Crippen molar-refractivity contribution in [1.29, 1.82) is 0 Å². The van der Waals surface area contributed by atoms with E-state index in [1.54, 1.807) is 0 Å². The van der Waals surface area contributed by atoms with Gasteiger partial charge in [-0.2, -0.15) is 0 Å². The SMILES string of the molecule is O=C(NCC[C@H]1CCCNC1)c1ccc(F)c(Br)c1. The molecule has 1 aliphatic heterocycles. The van der Waals surface area contributed by atoms with E-state index >= 15 is 0 Å². The van der Waals surface area contributed by atoms with Gasteiger partial charge >= 0.3 is 0 Å². The quantitative estimate of drug-likeness (QED) is 0.892. The summed E-state index contributed by atoms with van der Waals surface area (Å²) in [4.78, 5) is 11.9. The average molecular weight is 329 g/mol. The Morgan fingerprint density at radius 2 is 2.37 bits per heavy atom. The molecule has 1 saturated heterocycles. The van der Waals surface area contributed by atoms with Crippen molar-refractivity contribution in [2.24, 2.45) is 5.92 Å². The van der Waals surface area contributed by atoms with Gasteiger partial charge in [0.1, 0.15) is 5.82 Å². The molecule has 0 saturated carbocycles. The summed E-state index contributed by atoms with van der Waals surface area (Å²) in [5.74, 6) is 0.142. The van der Waals surface area contributed by atoms with Crippen molar-refractivity contribution in [2.45, 2.75) is 19.3 Å². The highest BCUT2D eigenvalue weighted by Gasteiger charge is 2.13. The lowest BCUT2D eigenvalue weighted by Gasteiger charge is -2.22. The summed E-state index contributed by atoms with van der Waals surface area (Å²) in [6, 6.07) is 4.30. The molecule has 104 valence electrons. The van der Waals surface area contributed by atoms with Gasteiger partial charge in [0.2, 0.25) is 0 Å². The molecule has 1 fully saturated rings. The molecule has 2 rings (SSSR count). The van der Waals surface area contributed by atoms with Crippen LogP contribution in [0.15, 0.2) is 22.7 Å². The lowest BCUT2D eigenvalue weighted by atomic mass is 9.96. The Morgan fingerprint density at radius 3 is 3.05 bits per heavy atom.